The molecule has 146 valence electrons. The molecule has 0 saturated heterocycles. The lowest BCUT2D eigenvalue weighted by Gasteiger charge is -2.21. The number of carbonyl (C=O) groups is 2. The molecule has 2 rings (SSSR count). The summed E-state index contributed by atoms with van der Waals surface area (Å²) in [5.74, 6) is 0.487. The van der Waals surface area contributed by atoms with Crippen LogP contribution in [0.3, 0.4) is 0 Å². The third-order valence-electron chi connectivity index (χ3n) is 3.69. The van der Waals surface area contributed by atoms with E-state index in [-0.39, 0.29) is 5.91 Å². The molecule has 1 heterocycles. The summed E-state index contributed by atoms with van der Waals surface area (Å²) in [5.41, 5.74) is 0.746. The van der Waals surface area contributed by atoms with Crippen LogP contribution < -0.4 is 10.6 Å². The van der Waals surface area contributed by atoms with Gasteiger partial charge in [0, 0.05) is 18.5 Å². The zero-order chi connectivity index (χ0) is 20.0. The van der Waals surface area contributed by atoms with Crippen molar-refractivity contribution in [3.8, 4) is 0 Å². The lowest BCUT2D eigenvalue weighted by molar-refractivity contribution is -0.119. The van der Waals surface area contributed by atoms with Gasteiger partial charge in [0.1, 0.15) is 5.82 Å². The van der Waals surface area contributed by atoms with Gasteiger partial charge in [-0.05, 0) is 40.2 Å². The predicted octanol–water partition coefficient (Wildman–Crippen LogP) is 2.99. The maximum atomic E-state index is 12.3. The van der Waals surface area contributed by atoms with E-state index in [1.807, 2.05) is 62.6 Å². The number of benzene rings is 1. The van der Waals surface area contributed by atoms with Crippen LogP contribution in [0.15, 0.2) is 35.5 Å². The first-order valence-corrected chi connectivity index (χ1v) is 9.83. The van der Waals surface area contributed by atoms with Crippen molar-refractivity contribution in [1.82, 2.24) is 25.4 Å². The Morgan fingerprint density at radius 3 is 2.44 bits per heavy atom. The summed E-state index contributed by atoms with van der Waals surface area (Å²) in [4.78, 5) is 24.2. The van der Waals surface area contributed by atoms with E-state index in [9.17, 15) is 9.59 Å². The number of amides is 3. The van der Waals surface area contributed by atoms with Crippen molar-refractivity contribution in [3.05, 3.63) is 41.7 Å². The van der Waals surface area contributed by atoms with Crippen LogP contribution in [-0.2, 0) is 17.8 Å². The van der Waals surface area contributed by atoms with E-state index in [1.54, 1.807) is 6.92 Å². The number of hydrogen-bond acceptors (Lipinski definition) is 5. The lowest BCUT2D eigenvalue weighted by Crippen LogP contribution is -2.49. The average Bonchev–Trinajstić information content (AvgIpc) is 2.95. The molecule has 0 aliphatic rings. The van der Waals surface area contributed by atoms with Gasteiger partial charge >= 0.3 is 6.03 Å². The molecule has 0 aliphatic heterocycles. The van der Waals surface area contributed by atoms with Crippen molar-refractivity contribution in [2.24, 2.45) is 0 Å². The zero-order valence-corrected chi connectivity index (χ0v) is 17.3. The normalized spacial score (nSPS) is 12.5. The highest BCUT2D eigenvalue weighted by Gasteiger charge is 2.22. The Balaban J connectivity index is 2.02. The first-order chi connectivity index (χ1) is 12.7. The molecule has 27 heavy (non-hydrogen) atoms. The van der Waals surface area contributed by atoms with Crippen LogP contribution in [0.25, 0.3) is 0 Å². The summed E-state index contributed by atoms with van der Waals surface area (Å²) in [7, 11) is 0. The Kier molecular flexibility index (Phi) is 7.01. The Labute approximate surface area is 164 Å². The molecule has 0 bridgehead atoms. The minimum Gasteiger partial charge on any atom is -0.333 e. The largest absolute Gasteiger partial charge is 0.333 e. The zero-order valence-electron chi connectivity index (χ0n) is 16.4. The average molecular weight is 390 g/mol. The molecular formula is C19H27N5O2S. The van der Waals surface area contributed by atoms with Gasteiger partial charge in [0.15, 0.2) is 5.16 Å². The maximum absolute atomic E-state index is 12.3. The van der Waals surface area contributed by atoms with Gasteiger partial charge in [-0.25, -0.2) is 4.79 Å². The number of carbonyl (C=O) groups excluding carboxylic acids is 2. The molecule has 1 aromatic carbocycles. The molecule has 3 amide bonds. The Hall–Kier alpha value is -2.35. The second-order valence-corrected chi connectivity index (χ2v) is 8.57. The molecule has 8 heteroatoms. The van der Waals surface area contributed by atoms with E-state index in [1.165, 1.54) is 11.8 Å². The molecule has 0 unspecified atom stereocenters. The van der Waals surface area contributed by atoms with Gasteiger partial charge < -0.3 is 9.88 Å². The quantitative estimate of drug-likeness (QED) is 0.742. The van der Waals surface area contributed by atoms with Crippen LogP contribution in [0.4, 0.5) is 4.79 Å². The van der Waals surface area contributed by atoms with Crippen molar-refractivity contribution in [2.45, 2.75) is 63.5 Å². The summed E-state index contributed by atoms with van der Waals surface area (Å²) in [5, 5.41) is 13.8. The Bertz CT molecular complexity index is 783. The van der Waals surface area contributed by atoms with Gasteiger partial charge in [-0.15, -0.1) is 10.2 Å². The molecule has 2 aromatic rings. The summed E-state index contributed by atoms with van der Waals surface area (Å²) < 4.78 is 2.00. The minimum atomic E-state index is -0.498. The molecule has 0 fully saturated rings. The Morgan fingerprint density at radius 2 is 1.85 bits per heavy atom. The molecule has 0 saturated carbocycles. The number of aromatic nitrogens is 3. The molecule has 7 nitrogen and oxygen atoms in total. The smallest absolute Gasteiger partial charge is 0.321 e. The number of thioether (sulfide) groups is 1. The summed E-state index contributed by atoms with van der Waals surface area (Å²) in [6.07, 6.45) is 0.677. The fraction of sp³-hybridized carbons (Fsp3) is 0.474. The molecule has 0 aliphatic carbocycles. The highest BCUT2D eigenvalue weighted by atomic mass is 32.2. The number of urea groups is 1. The van der Waals surface area contributed by atoms with Crippen LogP contribution in [-0.4, -0.2) is 37.5 Å². The highest BCUT2D eigenvalue weighted by molar-refractivity contribution is 8.00. The van der Waals surface area contributed by atoms with E-state index in [0.29, 0.717) is 18.1 Å². The summed E-state index contributed by atoms with van der Waals surface area (Å²) in [6.45, 7) is 10.0. The van der Waals surface area contributed by atoms with E-state index < -0.39 is 16.8 Å². The molecule has 1 aromatic heterocycles. The van der Waals surface area contributed by atoms with Crippen LogP contribution >= 0.6 is 11.8 Å². The van der Waals surface area contributed by atoms with Crippen LogP contribution in [0.5, 0.6) is 0 Å². The van der Waals surface area contributed by atoms with E-state index >= 15 is 0 Å². The second-order valence-electron chi connectivity index (χ2n) is 7.26. The third kappa shape index (κ3) is 6.39. The van der Waals surface area contributed by atoms with E-state index in [0.717, 1.165) is 11.4 Å². The van der Waals surface area contributed by atoms with Crippen molar-refractivity contribution < 1.29 is 9.59 Å². The molecule has 2 N–H and O–H groups in total. The number of nitrogens with one attached hydrogen (secondary N) is 2. The second kappa shape index (κ2) is 9.03. The van der Waals surface area contributed by atoms with Gasteiger partial charge in [-0.3, -0.25) is 10.1 Å². The highest BCUT2D eigenvalue weighted by Crippen LogP contribution is 2.23. The van der Waals surface area contributed by atoms with Crippen LogP contribution in [0.1, 0.15) is 46.0 Å². The maximum Gasteiger partial charge on any atom is 0.321 e. The molecule has 0 radical (unpaired) electrons. The Morgan fingerprint density at radius 1 is 1.19 bits per heavy atom. The van der Waals surface area contributed by atoms with Gasteiger partial charge in [0.2, 0.25) is 5.91 Å². The molecular weight excluding hydrogens is 362 g/mol. The fourth-order valence-electron chi connectivity index (χ4n) is 2.43. The van der Waals surface area contributed by atoms with E-state index in [2.05, 4.69) is 20.8 Å². The van der Waals surface area contributed by atoms with Crippen molar-refractivity contribution in [3.63, 3.8) is 0 Å². The number of rotatable bonds is 6. The third-order valence-corrected chi connectivity index (χ3v) is 4.77. The van der Waals surface area contributed by atoms with Crippen LogP contribution in [0.2, 0.25) is 0 Å². The standard InChI is InChI=1S/C19H27N5O2S/c1-6-24-15(12-14-10-8-7-9-11-14)22-23-18(24)27-13(2)16(25)20-17(26)21-19(3,4)5/h7-11,13H,6,12H2,1-5H3,(H2,20,21,25,26)/t13-/m0/s1. The number of hydrogen-bond donors (Lipinski definition) is 2. The SMILES string of the molecule is CCn1c(Cc2ccccc2)nnc1S[C@@H](C)C(=O)NC(=O)NC(C)(C)C. The molecule has 1 atom stereocenters. The van der Waals surface area contributed by atoms with Crippen molar-refractivity contribution >= 4 is 23.7 Å². The van der Waals surface area contributed by atoms with Crippen molar-refractivity contribution in [2.75, 3.05) is 0 Å². The topological polar surface area (TPSA) is 88.9 Å². The number of imide groups is 1. The lowest BCUT2D eigenvalue weighted by atomic mass is 10.1. The van der Waals surface area contributed by atoms with Gasteiger partial charge in [-0.2, -0.15) is 0 Å². The summed E-state index contributed by atoms with van der Waals surface area (Å²) >= 11 is 1.29. The van der Waals surface area contributed by atoms with Crippen LogP contribution in [0, 0.1) is 0 Å². The fourth-order valence-corrected chi connectivity index (χ4v) is 3.36. The van der Waals surface area contributed by atoms with E-state index in [4.69, 9.17) is 0 Å². The monoisotopic (exact) mass is 389 g/mol. The van der Waals surface area contributed by atoms with Gasteiger partial charge in [-0.1, -0.05) is 42.1 Å². The van der Waals surface area contributed by atoms with Crippen molar-refractivity contribution in [1.29, 1.82) is 0 Å². The number of nitrogens with zero attached hydrogens (tertiary/aromatic N) is 3. The first-order valence-electron chi connectivity index (χ1n) is 8.95. The van der Waals surface area contributed by atoms with Gasteiger partial charge in [0.25, 0.3) is 0 Å². The first kappa shape index (κ1) is 21.0. The summed E-state index contributed by atoms with van der Waals surface area (Å²) in [6, 6.07) is 9.56. The van der Waals surface area contributed by atoms with Gasteiger partial charge in [0.05, 0.1) is 5.25 Å². The predicted molar refractivity (Wildman–Crippen MR) is 107 cm³/mol. The minimum absolute atomic E-state index is 0.364. The molecule has 0 spiro atoms.